The highest BCUT2D eigenvalue weighted by Crippen LogP contribution is 2.29. The fourth-order valence-corrected chi connectivity index (χ4v) is 2.02. The number of ether oxygens (including phenoxy) is 2. The van der Waals surface area contributed by atoms with Crippen LogP contribution in [0.2, 0.25) is 0 Å². The number of rotatable bonds is 7. The van der Waals surface area contributed by atoms with Gasteiger partial charge in [0.2, 0.25) is 5.89 Å². The Kier molecular flexibility index (Phi) is 5.65. The number of alkyl halides is 1. The zero-order chi connectivity index (χ0) is 16.8. The van der Waals surface area contributed by atoms with E-state index in [1.54, 1.807) is 26.2 Å². The van der Waals surface area contributed by atoms with Crippen LogP contribution in [0.25, 0.3) is 6.08 Å². The van der Waals surface area contributed by atoms with Gasteiger partial charge in [0.25, 0.3) is 0 Å². The third-order valence-electron chi connectivity index (χ3n) is 3.02. The number of carboxylic acid groups (broad SMARTS) is 1. The molecule has 0 aliphatic heterocycles. The topological polar surface area (TPSA) is 81.8 Å². The van der Waals surface area contributed by atoms with E-state index < -0.39 is 5.97 Å². The maximum atomic E-state index is 10.5. The lowest BCUT2D eigenvalue weighted by atomic mass is 10.2. The van der Waals surface area contributed by atoms with Crippen LogP contribution in [0.15, 0.2) is 28.7 Å². The van der Waals surface area contributed by atoms with E-state index in [1.807, 2.05) is 6.07 Å². The molecule has 0 saturated carbocycles. The first-order valence-electron chi connectivity index (χ1n) is 6.76. The molecule has 1 heterocycles. The van der Waals surface area contributed by atoms with Gasteiger partial charge in [-0.1, -0.05) is 6.07 Å². The van der Waals surface area contributed by atoms with Crippen molar-refractivity contribution in [1.29, 1.82) is 0 Å². The molecule has 0 atom stereocenters. The quantitative estimate of drug-likeness (QED) is 0.616. The number of aryl methyl sites for hydroxylation is 1. The molecule has 7 heteroatoms. The second-order valence-corrected chi connectivity index (χ2v) is 4.90. The molecular formula is C16H16ClNO5. The summed E-state index contributed by atoms with van der Waals surface area (Å²) in [6.45, 7) is 1.91. The summed E-state index contributed by atoms with van der Waals surface area (Å²) in [7, 11) is 1.55. The summed E-state index contributed by atoms with van der Waals surface area (Å²) in [4.78, 5) is 14.7. The molecule has 0 bridgehead atoms. The van der Waals surface area contributed by atoms with Crippen molar-refractivity contribution in [2.24, 2.45) is 0 Å². The molecule has 0 amide bonds. The normalized spacial score (nSPS) is 10.9. The SMILES string of the molecule is COc1cc(CCl)ccc1OCc1nc(C=CC(=O)O)oc1C. The monoisotopic (exact) mass is 337 g/mol. The predicted octanol–water partition coefficient (Wildman–Crippen LogP) is 3.41. The third-order valence-corrected chi connectivity index (χ3v) is 3.33. The average molecular weight is 338 g/mol. The van der Waals surface area contributed by atoms with Crippen molar-refractivity contribution >= 4 is 23.6 Å². The molecule has 0 spiro atoms. The Labute approximate surface area is 138 Å². The number of hydrogen-bond donors (Lipinski definition) is 1. The van der Waals surface area contributed by atoms with Crippen LogP contribution in [0.3, 0.4) is 0 Å². The van der Waals surface area contributed by atoms with Crippen LogP contribution in [-0.2, 0) is 17.3 Å². The zero-order valence-corrected chi connectivity index (χ0v) is 13.5. The number of nitrogens with zero attached hydrogens (tertiary/aromatic N) is 1. The number of aliphatic carboxylic acids is 1. The van der Waals surface area contributed by atoms with Crippen LogP contribution in [0.4, 0.5) is 0 Å². The van der Waals surface area contributed by atoms with Crippen molar-refractivity contribution < 1.29 is 23.8 Å². The van der Waals surface area contributed by atoms with E-state index in [-0.39, 0.29) is 12.5 Å². The molecule has 6 nitrogen and oxygen atoms in total. The Bertz CT molecular complexity index is 723. The molecular weight excluding hydrogens is 322 g/mol. The minimum Gasteiger partial charge on any atom is -0.493 e. The lowest BCUT2D eigenvalue weighted by Gasteiger charge is -2.10. The van der Waals surface area contributed by atoms with Crippen LogP contribution in [-0.4, -0.2) is 23.2 Å². The van der Waals surface area contributed by atoms with Gasteiger partial charge in [0, 0.05) is 18.0 Å². The standard InChI is InChI=1S/C16H16ClNO5/c1-10-12(18-15(23-10)5-6-16(19)20)9-22-13-4-3-11(8-17)7-14(13)21-2/h3-7H,8-9H2,1-2H3,(H,19,20). The number of oxazole rings is 1. The van der Waals surface area contributed by atoms with Crippen LogP contribution < -0.4 is 9.47 Å². The fourth-order valence-electron chi connectivity index (χ4n) is 1.86. The van der Waals surface area contributed by atoms with E-state index in [9.17, 15) is 4.79 Å². The highest BCUT2D eigenvalue weighted by atomic mass is 35.5. The van der Waals surface area contributed by atoms with Crippen molar-refractivity contribution in [2.75, 3.05) is 7.11 Å². The van der Waals surface area contributed by atoms with Crippen LogP contribution >= 0.6 is 11.6 Å². The molecule has 0 aliphatic carbocycles. The Balaban J connectivity index is 2.10. The highest BCUT2D eigenvalue weighted by molar-refractivity contribution is 6.17. The molecule has 2 aromatic rings. The van der Waals surface area contributed by atoms with Crippen molar-refractivity contribution in [2.45, 2.75) is 19.4 Å². The molecule has 1 N–H and O–H groups in total. The number of carbonyl (C=O) groups is 1. The number of carboxylic acids is 1. The largest absolute Gasteiger partial charge is 0.493 e. The van der Waals surface area contributed by atoms with Crippen LogP contribution in [0.5, 0.6) is 11.5 Å². The molecule has 1 aromatic carbocycles. The van der Waals surface area contributed by atoms with E-state index in [2.05, 4.69) is 4.98 Å². The minimum atomic E-state index is -1.07. The van der Waals surface area contributed by atoms with E-state index >= 15 is 0 Å². The Hall–Kier alpha value is -2.47. The van der Waals surface area contributed by atoms with Gasteiger partial charge in [-0.05, 0) is 24.6 Å². The lowest BCUT2D eigenvalue weighted by molar-refractivity contribution is -0.131. The van der Waals surface area contributed by atoms with Gasteiger partial charge in [-0.25, -0.2) is 9.78 Å². The third kappa shape index (κ3) is 4.50. The highest BCUT2D eigenvalue weighted by Gasteiger charge is 2.11. The van der Waals surface area contributed by atoms with E-state index in [0.29, 0.717) is 28.8 Å². The zero-order valence-electron chi connectivity index (χ0n) is 12.7. The maximum Gasteiger partial charge on any atom is 0.328 e. The number of halogens is 1. The second kappa shape index (κ2) is 7.69. The molecule has 0 unspecified atom stereocenters. The van der Waals surface area contributed by atoms with E-state index in [4.69, 9.17) is 30.6 Å². The summed E-state index contributed by atoms with van der Waals surface area (Å²) in [6.07, 6.45) is 2.25. The number of aromatic nitrogens is 1. The first kappa shape index (κ1) is 16.9. The molecule has 122 valence electrons. The number of methoxy groups -OCH3 is 1. The summed E-state index contributed by atoms with van der Waals surface area (Å²) in [5, 5.41) is 8.60. The van der Waals surface area contributed by atoms with Crippen molar-refractivity contribution in [3.63, 3.8) is 0 Å². The van der Waals surface area contributed by atoms with Gasteiger partial charge in [0.1, 0.15) is 18.1 Å². The summed E-state index contributed by atoms with van der Waals surface area (Å²) >= 11 is 5.79. The van der Waals surface area contributed by atoms with E-state index in [1.165, 1.54) is 6.08 Å². The van der Waals surface area contributed by atoms with Gasteiger partial charge >= 0.3 is 5.97 Å². The molecule has 2 rings (SSSR count). The van der Waals surface area contributed by atoms with Crippen molar-refractivity contribution in [3.8, 4) is 11.5 Å². The lowest BCUT2D eigenvalue weighted by Crippen LogP contribution is -2.00. The Morgan fingerprint density at radius 3 is 2.87 bits per heavy atom. The minimum absolute atomic E-state index is 0.173. The molecule has 23 heavy (non-hydrogen) atoms. The van der Waals surface area contributed by atoms with E-state index in [0.717, 1.165) is 11.6 Å². The second-order valence-electron chi connectivity index (χ2n) is 4.63. The first-order valence-corrected chi connectivity index (χ1v) is 7.30. The number of hydrogen-bond acceptors (Lipinski definition) is 5. The van der Waals surface area contributed by atoms with Crippen LogP contribution in [0, 0.1) is 6.92 Å². The van der Waals surface area contributed by atoms with Gasteiger partial charge in [-0.15, -0.1) is 11.6 Å². The van der Waals surface area contributed by atoms with Crippen molar-refractivity contribution in [1.82, 2.24) is 4.98 Å². The van der Waals surface area contributed by atoms with Crippen molar-refractivity contribution in [3.05, 3.63) is 47.2 Å². The average Bonchev–Trinajstić information content (AvgIpc) is 2.90. The molecule has 0 radical (unpaired) electrons. The molecule has 1 aromatic heterocycles. The van der Waals surface area contributed by atoms with Gasteiger partial charge in [0.05, 0.1) is 7.11 Å². The molecule has 0 saturated heterocycles. The Morgan fingerprint density at radius 1 is 1.43 bits per heavy atom. The van der Waals surface area contributed by atoms with Crippen LogP contribution in [0.1, 0.15) is 22.9 Å². The summed E-state index contributed by atoms with van der Waals surface area (Å²) in [5.41, 5.74) is 1.51. The Morgan fingerprint density at radius 2 is 2.22 bits per heavy atom. The summed E-state index contributed by atoms with van der Waals surface area (Å²) in [5.74, 6) is 1.24. The fraction of sp³-hybridized carbons (Fsp3) is 0.250. The van der Waals surface area contributed by atoms with Gasteiger partial charge in [0.15, 0.2) is 11.5 Å². The van der Waals surface area contributed by atoms with Gasteiger partial charge in [-0.3, -0.25) is 0 Å². The maximum absolute atomic E-state index is 10.5. The number of benzene rings is 1. The first-order chi connectivity index (χ1) is 11.0. The smallest absolute Gasteiger partial charge is 0.328 e. The van der Waals surface area contributed by atoms with Gasteiger partial charge in [-0.2, -0.15) is 0 Å². The van der Waals surface area contributed by atoms with Gasteiger partial charge < -0.3 is 19.0 Å². The molecule has 0 fully saturated rings. The predicted molar refractivity (Wildman–Crippen MR) is 84.8 cm³/mol. The summed E-state index contributed by atoms with van der Waals surface area (Å²) < 4.78 is 16.3. The molecule has 0 aliphatic rings. The summed E-state index contributed by atoms with van der Waals surface area (Å²) in [6, 6.07) is 5.43.